The van der Waals surface area contributed by atoms with Crippen molar-refractivity contribution in [3.63, 3.8) is 0 Å². The van der Waals surface area contributed by atoms with Gasteiger partial charge in [0.15, 0.2) is 0 Å². The molecule has 9 heteroatoms. The fourth-order valence-electron chi connectivity index (χ4n) is 3.11. The molecule has 0 aliphatic carbocycles. The molecule has 1 radical (unpaired) electrons. The molecule has 5 aromatic rings. The van der Waals surface area contributed by atoms with Crippen LogP contribution in [0.2, 0.25) is 0 Å². The Bertz CT molecular complexity index is 1230. The number of imidazole rings is 2. The van der Waals surface area contributed by atoms with Gasteiger partial charge in [-0.15, -0.1) is 42.0 Å². The van der Waals surface area contributed by atoms with Gasteiger partial charge in [-0.3, -0.25) is 18.7 Å². The molecule has 0 saturated heterocycles. The van der Waals surface area contributed by atoms with Crippen molar-refractivity contribution in [1.82, 2.24) is 24.1 Å². The smallest absolute Gasteiger partial charge is 0.0755 e. The van der Waals surface area contributed by atoms with Crippen LogP contribution in [0.5, 0.6) is 0 Å². The van der Waals surface area contributed by atoms with Crippen LogP contribution in [0.4, 0.5) is 8.78 Å². The van der Waals surface area contributed by atoms with E-state index in [1.807, 2.05) is 42.5 Å². The summed E-state index contributed by atoms with van der Waals surface area (Å²) < 4.78 is 31.2. The summed E-state index contributed by atoms with van der Waals surface area (Å²) in [5.74, 6) is -0.625. The fraction of sp³-hybridized carbons (Fsp3) is 0.115. The van der Waals surface area contributed by atoms with E-state index in [0.717, 1.165) is 24.4 Å². The quantitative estimate of drug-likeness (QED) is 0.287. The van der Waals surface area contributed by atoms with Crippen LogP contribution >= 0.6 is 0 Å². The van der Waals surface area contributed by atoms with Crippen molar-refractivity contribution in [3.8, 4) is 34.0 Å². The zero-order valence-corrected chi connectivity index (χ0v) is 21.7. The molecule has 35 heavy (non-hydrogen) atoms. The zero-order valence-electron chi connectivity index (χ0n) is 19.3. The van der Waals surface area contributed by atoms with E-state index < -0.39 is 11.6 Å². The molecule has 0 bridgehead atoms. The van der Waals surface area contributed by atoms with Gasteiger partial charge in [0.1, 0.15) is 0 Å². The van der Waals surface area contributed by atoms with E-state index in [-0.39, 0.29) is 31.2 Å². The molecule has 0 unspecified atom stereocenters. The topological polar surface area (TPSA) is 68.8 Å². The number of pyridine rings is 1. The van der Waals surface area contributed by atoms with Crippen molar-refractivity contribution in [3.05, 3.63) is 103 Å². The van der Waals surface area contributed by atoms with Gasteiger partial charge in [-0.05, 0) is 22.9 Å². The van der Waals surface area contributed by atoms with E-state index in [2.05, 4.69) is 27.1 Å². The molecule has 0 aliphatic heterocycles. The summed E-state index contributed by atoms with van der Waals surface area (Å²) in [6.45, 7) is 0. The van der Waals surface area contributed by atoms with Gasteiger partial charge in [0.05, 0.1) is 23.3 Å². The van der Waals surface area contributed by atoms with Crippen LogP contribution in [0.15, 0.2) is 79.5 Å². The molecule has 5 rings (SSSR count). The predicted molar refractivity (Wildman–Crippen MR) is 126 cm³/mol. The molecule has 0 spiro atoms. The van der Waals surface area contributed by atoms with Crippen molar-refractivity contribution in [2.75, 3.05) is 7.11 Å². The third-order valence-electron chi connectivity index (χ3n) is 4.72. The van der Waals surface area contributed by atoms with Gasteiger partial charge < -0.3 is 19.2 Å². The number of nitrogens with zero attached hydrogens (tertiary/aromatic N) is 5. The van der Waals surface area contributed by atoms with Crippen LogP contribution in [0.25, 0.3) is 34.0 Å². The number of benzene rings is 2. The number of aryl methyl sites for hydroxylation is 2. The van der Waals surface area contributed by atoms with E-state index in [1.54, 1.807) is 54.2 Å². The van der Waals surface area contributed by atoms with Gasteiger partial charge in [-0.2, -0.15) is 0 Å². The average Bonchev–Trinajstić information content (AvgIpc) is 3.50. The Morgan fingerprint density at radius 1 is 0.771 bits per heavy atom. The number of hydrogen-bond donors (Lipinski definition) is 1. The summed E-state index contributed by atoms with van der Waals surface area (Å²) in [5.41, 5.74) is 2.25. The Morgan fingerprint density at radius 2 is 1.34 bits per heavy atom. The summed E-state index contributed by atoms with van der Waals surface area (Å²) in [6.07, 6.45) is 8.26. The van der Waals surface area contributed by atoms with E-state index >= 15 is 0 Å². The summed E-state index contributed by atoms with van der Waals surface area (Å²) in [4.78, 5) is 12.3. The van der Waals surface area contributed by atoms with E-state index in [1.165, 1.54) is 0 Å². The molecule has 183 valence electrons. The maximum Gasteiger partial charge on any atom is 0.0755 e. The van der Waals surface area contributed by atoms with Crippen molar-refractivity contribution in [2.24, 2.45) is 14.1 Å². The number of aliphatic hydroxyl groups is 1. The van der Waals surface area contributed by atoms with Crippen molar-refractivity contribution in [2.45, 2.75) is 0 Å². The van der Waals surface area contributed by atoms with Gasteiger partial charge in [-0.1, -0.05) is 18.2 Å². The Kier molecular flexibility index (Phi) is 10.6. The molecule has 1 N–H and O–H groups in total. The molecule has 0 amide bonds. The second-order valence-electron chi connectivity index (χ2n) is 6.93. The molecule has 0 aliphatic rings. The van der Waals surface area contributed by atoms with Crippen LogP contribution in [0.1, 0.15) is 0 Å². The largest absolute Gasteiger partial charge is 0.400 e. The third kappa shape index (κ3) is 6.76. The average molecular weight is 652 g/mol. The SMILES string of the molecule is CO.Cn1ccnc1-c1[c-]c(-c2nccn2C)c(F)cc1F.[Ir].[c-]1ccccc1-c1ccccn1. The number of hydrogen-bond acceptors (Lipinski definition) is 4. The van der Waals surface area contributed by atoms with E-state index in [4.69, 9.17) is 5.11 Å². The first-order chi connectivity index (χ1) is 16.5. The Hall–Kier alpha value is -3.52. The number of aromatic nitrogens is 5. The summed E-state index contributed by atoms with van der Waals surface area (Å²) in [7, 11) is 4.47. The number of halogens is 2. The maximum absolute atomic E-state index is 14.0. The Morgan fingerprint density at radius 3 is 1.77 bits per heavy atom. The summed E-state index contributed by atoms with van der Waals surface area (Å²) in [5, 5.41) is 7.00. The molecule has 0 saturated carbocycles. The van der Waals surface area contributed by atoms with Crippen LogP contribution in [-0.2, 0) is 34.2 Å². The maximum atomic E-state index is 14.0. The molecule has 2 aromatic carbocycles. The normalized spacial score (nSPS) is 9.77. The molecule has 0 atom stereocenters. The first-order valence-corrected chi connectivity index (χ1v) is 10.2. The Labute approximate surface area is 216 Å². The van der Waals surface area contributed by atoms with Gasteiger partial charge in [-0.25, -0.2) is 0 Å². The molecule has 6 nitrogen and oxygen atoms in total. The Balaban J connectivity index is 0.000000247. The minimum atomic E-state index is -0.699. The standard InChI is InChI=1S/C14H11F2N4.C11H8N.CH4O.Ir/c1-19-5-3-17-13(19)9-7-10(12(16)8-11(9)15)14-18-4-6-20(14)2;1-2-6-10(7-3-1)11-8-4-5-9-12-11;1-2;/h3-6,8H,1-2H3;1-6,8-9H;2H,1H3;/q2*-1;;. The first kappa shape index (κ1) is 27.7. The summed E-state index contributed by atoms with van der Waals surface area (Å²) >= 11 is 0. The third-order valence-corrected chi connectivity index (χ3v) is 4.72. The molecule has 3 heterocycles. The molecular weight excluding hydrogens is 629 g/mol. The fourth-order valence-corrected chi connectivity index (χ4v) is 3.11. The van der Waals surface area contributed by atoms with E-state index in [0.29, 0.717) is 11.6 Å². The monoisotopic (exact) mass is 652 g/mol. The number of aliphatic hydroxyl groups excluding tert-OH is 1. The van der Waals surface area contributed by atoms with Gasteiger partial charge in [0.2, 0.25) is 0 Å². The number of rotatable bonds is 3. The molecular formula is C26H23F2IrN5O-2. The minimum Gasteiger partial charge on any atom is -0.400 e. The van der Waals surface area contributed by atoms with Gasteiger partial charge >= 0.3 is 0 Å². The zero-order chi connectivity index (χ0) is 24.5. The van der Waals surface area contributed by atoms with Crippen molar-refractivity contribution >= 4 is 0 Å². The summed E-state index contributed by atoms with van der Waals surface area (Å²) in [6, 6.07) is 20.4. The van der Waals surface area contributed by atoms with E-state index in [9.17, 15) is 8.78 Å². The first-order valence-electron chi connectivity index (χ1n) is 10.2. The second kappa shape index (κ2) is 13.4. The predicted octanol–water partition coefficient (Wildman–Crippen LogP) is 4.72. The molecule has 3 aromatic heterocycles. The van der Waals surface area contributed by atoms with Gasteiger partial charge in [0.25, 0.3) is 0 Å². The van der Waals surface area contributed by atoms with Crippen LogP contribution in [-0.4, -0.2) is 36.3 Å². The van der Waals surface area contributed by atoms with Crippen molar-refractivity contribution in [1.29, 1.82) is 0 Å². The van der Waals surface area contributed by atoms with Crippen molar-refractivity contribution < 1.29 is 34.0 Å². The van der Waals surface area contributed by atoms with Crippen LogP contribution in [0, 0.1) is 23.8 Å². The minimum absolute atomic E-state index is 0. The van der Waals surface area contributed by atoms with Gasteiger partial charge in [0, 0.05) is 72.3 Å². The van der Waals surface area contributed by atoms with Crippen LogP contribution in [0.3, 0.4) is 0 Å². The molecule has 0 fully saturated rings. The second-order valence-corrected chi connectivity index (χ2v) is 6.93. The van der Waals surface area contributed by atoms with Crippen LogP contribution < -0.4 is 0 Å².